The van der Waals surface area contributed by atoms with Crippen molar-refractivity contribution in [2.45, 2.75) is 19.3 Å². The number of hydrogen-bond donors (Lipinski definition) is 1. The monoisotopic (exact) mass is 247 g/mol. The molecule has 1 aromatic carbocycles. The van der Waals surface area contributed by atoms with Gasteiger partial charge in [0.15, 0.2) is 0 Å². The molecule has 0 spiro atoms. The molecule has 0 saturated carbocycles. The van der Waals surface area contributed by atoms with Crippen LogP contribution >= 0.6 is 0 Å². The minimum atomic E-state index is -0.823. The molecule has 1 aliphatic rings. The number of benzene rings is 1. The third kappa shape index (κ3) is 2.10. The molecule has 4 nitrogen and oxygen atoms in total. The average molecular weight is 247 g/mol. The normalized spacial score (nSPS) is 16.2. The number of hydrogen-bond acceptors (Lipinski definition) is 2. The Morgan fingerprint density at radius 1 is 1.22 bits per heavy atom. The van der Waals surface area contributed by atoms with Crippen LogP contribution in [0.4, 0.5) is 0 Å². The zero-order valence-electron chi connectivity index (χ0n) is 10.6. The van der Waals surface area contributed by atoms with Crippen LogP contribution in [0.1, 0.15) is 19.4 Å². The molecule has 0 aliphatic carbocycles. The van der Waals surface area contributed by atoms with Crippen LogP contribution in [0.3, 0.4) is 0 Å². The third-order valence-electron chi connectivity index (χ3n) is 3.55. The van der Waals surface area contributed by atoms with E-state index >= 15 is 0 Å². The van der Waals surface area contributed by atoms with E-state index in [1.807, 2.05) is 44.2 Å². The number of aliphatic carboxylic acids is 1. The Bertz CT molecular complexity index is 461. The molecular weight excluding hydrogens is 230 g/mol. The van der Waals surface area contributed by atoms with E-state index in [0.29, 0.717) is 13.1 Å². The molecule has 96 valence electrons. The molecule has 1 N–H and O–H groups in total. The second kappa shape index (κ2) is 4.44. The van der Waals surface area contributed by atoms with E-state index in [-0.39, 0.29) is 5.91 Å². The molecular formula is C14H17NO3. The summed E-state index contributed by atoms with van der Waals surface area (Å²) in [7, 11) is 0. The Morgan fingerprint density at radius 3 is 2.28 bits per heavy atom. The fourth-order valence-electron chi connectivity index (χ4n) is 2.17. The molecule has 1 aliphatic heterocycles. The van der Waals surface area contributed by atoms with Crippen molar-refractivity contribution >= 4 is 11.9 Å². The molecule has 1 saturated heterocycles. The van der Waals surface area contributed by atoms with Gasteiger partial charge in [-0.3, -0.25) is 9.59 Å². The Morgan fingerprint density at radius 2 is 1.78 bits per heavy atom. The molecule has 0 radical (unpaired) electrons. The molecule has 0 aromatic heterocycles. The lowest BCUT2D eigenvalue weighted by Gasteiger charge is -2.41. The first-order valence-corrected chi connectivity index (χ1v) is 6.00. The highest BCUT2D eigenvalue weighted by atomic mass is 16.4. The van der Waals surface area contributed by atoms with E-state index < -0.39 is 17.3 Å². The fraction of sp³-hybridized carbons (Fsp3) is 0.429. The van der Waals surface area contributed by atoms with Gasteiger partial charge in [0.25, 0.3) is 0 Å². The molecule has 0 unspecified atom stereocenters. The minimum absolute atomic E-state index is 0.00815. The van der Waals surface area contributed by atoms with Gasteiger partial charge in [-0.15, -0.1) is 0 Å². The van der Waals surface area contributed by atoms with E-state index in [0.717, 1.165) is 5.56 Å². The van der Waals surface area contributed by atoms with E-state index in [1.165, 1.54) is 0 Å². The van der Waals surface area contributed by atoms with Crippen LogP contribution in [-0.4, -0.2) is 35.0 Å². The Hall–Kier alpha value is -1.84. The lowest BCUT2D eigenvalue weighted by molar-refractivity contribution is -0.155. The first kappa shape index (κ1) is 12.6. The van der Waals surface area contributed by atoms with Crippen molar-refractivity contribution in [2.75, 3.05) is 13.1 Å². The number of carboxylic acids is 1. The average Bonchev–Trinajstić information content (AvgIpc) is 2.27. The maximum absolute atomic E-state index is 12.3. The molecule has 2 rings (SSSR count). The standard InChI is InChI=1S/C14H17NO3/c1-14(2,11-6-4-3-5-7-11)13(18)15-8-10(9-15)12(16)17/h3-7,10H,8-9H2,1-2H3,(H,16,17). The third-order valence-corrected chi connectivity index (χ3v) is 3.55. The first-order chi connectivity index (χ1) is 8.43. The highest BCUT2D eigenvalue weighted by Gasteiger charge is 2.42. The summed E-state index contributed by atoms with van der Waals surface area (Å²) < 4.78 is 0. The lowest BCUT2D eigenvalue weighted by Crippen LogP contribution is -2.57. The van der Waals surface area contributed by atoms with Crippen molar-refractivity contribution in [3.05, 3.63) is 35.9 Å². The maximum Gasteiger partial charge on any atom is 0.310 e. The van der Waals surface area contributed by atoms with Crippen molar-refractivity contribution in [1.82, 2.24) is 4.90 Å². The Kier molecular flexibility index (Phi) is 3.11. The minimum Gasteiger partial charge on any atom is -0.481 e. The van der Waals surface area contributed by atoms with Crippen molar-refractivity contribution in [2.24, 2.45) is 5.92 Å². The predicted octanol–water partition coefficient (Wildman–Crippen LogP) is 1.51. The number of amides is 1. The van der Waals surface area contributed by atoms with Gasteiger partial charge in [0.1, 0.15) is 0 Å². The molecule has 1 amide bonds. The smallest absolute Gasteiger partial charge is 0.310 e. The lowest BCUT2D eigenvalue weighted by atomic mass is 9.81. The van der Waals surface area contributed by atoms with Gasteiger partial charge in [0.2, 0.25) is 5.91 Å². The largest absolute Gasteiger partial charge is 0.481 e. The number of carbonyl (C=O) groups is 2. The van der Waals surface area contributed by atoms with Crippen LogP contribution in [0.15, 0.2) is 30.3 Å². The maximum atomic E-state index is 12.3. The summed E-state index contributed by atoms with van der Waals surface area (Å²) in [6.07, 6.45) is 0. The summed E-state index contributed by atoms with van der Waals surface area (Å²) >= 11 is 0. The summed E-state index contributed by atoms with van der Waals surface area (Å²) in [6.45, 7) is 4.40. The van der Waals surface area contributed by atoms with Crippen LogP contribution in [0, 0.1) is 5.92 Å². The summed E-state index contributed by atoms with van der Waals surface area (Å²) in [5, 5.41) is 8.81. The molecule has 0 atom stereocenters. The second-order valence-electron chi connectivity index (χ2n) is 5.24. The van der Waals surface area contributed by atoms with E-state index in [9.17, 15) is 9.59 Å². The first-order valence-electron chi connectivity index (χ1n) is 6.00. The van der Waals surface area contributed by atoms with Gasteiger partial charge in [-0.25, -0.2) is 0 Å². The van der Waals surface area contributed by atoms with Crippen LogP contribution in [0.25, 0.3) is 0 Å². The second-order valence-corrected chi connectivity index (χ2v) is 5.24. The highest BCUT2D eigenvalue weighted by molar-refractivity contribution is 5.89. The van der Waals surface area contributed by atoms with Crippen LogP contribution in [0.5, 0.6) is 0 Å². The predicted molar refractivity (Wildman–Crippen MR) is 67.2 cm³/mol. The van der Waals surface area contributed by atoms with Crippen molar-refractivity contribution in [3.63, 3.8) is 0 Å². The summed E-state index contributed by atoms with van der Waals surface area (Å²) in [5.41, 5.74) is 0.346. The van der Waals surface area contributed by atoms with Crippen LogP contribution in [0.2, 0.25) is 0 Å². The molecule has 1 fully saturated rings. The summed E-state index contributed by atoms with van der Waals surface area (Å²) in [5.74, 6) is -1.23. The molecule has 1 aromatic rings. The number of carboxylic acid groups (broad SMARTS) is 1. The quantitative estimate of drug-likeness (QED) is 0.880. The molecule has 1 heterocycles. The number of nitrogens with zero attached hydrogens (tertiary/aromatic N) is 1. The van der Waals surface area contributed by atoms with Gasteiger partial charge < -0.3 is 10.0 Å². The summed E-state index contributed by atoms with van der Waals surface area (Å²) in [4.78, 5) is 24.7. The van der Waals surface area contributed by atoms with Crippen molar-refractivity contribution in [1.29, 1.82) is 0 Å². The van der Waals surface area contributed by atoms with Gasteiger partial charge in [0, 0.05) is 13.1 Å². The van der Waals surface area contributed by atoms with Gasteiger partial charge in [-0.1, -0.05) is 30.3 Å². The molecule has 4 heteroatoms. The van der Waals surface area contributed by atoms with Crippen molar-refractivity contribution < 1.29 is 14.7 Å². The van der Waals surface area contributed by atoms with Crippen LogP contribution < -0.4 is 0 Å². The number of rotatable bonds is 3. The van der Waals surface area contributed by atoms with Gasteiger partial charge in [0.05, 0.1) is 11.3 Å². The Balaban J connectivity index is 2.08. The van der Waals surface area contributed by atoms with Gasteiger partial charge >= 0.3 is 5.97 Å². The zero-order valence-corrected chi connectivity index (χ0v) is 10.6. The van der Waals surface area contributed by atoms with E-state index in [1.54, 1.807) is 4.90 Å². The molecule has 18 heavy (non-hydrogen) atoms. The number of likely N-dealkylation sites (tertiary alicyclic amines) is 1. The zero-order chi connectivity index (χ0) is 13.3. The SMILES string of the molecule is CC(C)(C(=O)N1CC(C(=O)O)C1)c1ccccc1. The van der Waals surface area contributed by atoms with Gasteiger partial charge in [-0.05, 0) is 19.4 Å². The molecule has 0 bridgehead atoms. The van der Waals surface area contributed by atoms with Crippen molar-refractivity contribution in [3.8, 4) is 0 Å². The summed E-state index contributed by atoms with van der Waals surface area (Å²) in [6, 6.07) is 9.56. The van der Waals surface area contributed by atoms with Crippen LogP contribution in [-0.2, 0) is 15.0 Å². The Labute approximate surface area is 106 Å². The van der Waals surface area contributed by atoms with Gasteiger partial charge in [-0.2, -0.15) is 0 Å². The topological polar surface area (TPSA) is 57.6 Å². The highest BCUT2D eigenvalue weighted by Crippen LogP contribution is 2.29. The number of carbonyl (C=O) groups excluding carboxylic acids is 1. The van der Waals surface area contributed by atoms with E-state index in [4.69, 9.17) is 5.11 Å². The van der Waals surface area contributed by atoms with E-state index in [2.05, 4.69) is 0 Å². The fourth-order valence-corrected chi connectivity index (χ4v) is 2.17.